The summed E-state index contributed by atoms with van der Waals surface area (Å²) in [6.45, 7) is 2.73. The van der Waals surface area contributed by atoms with Gasteiger partial charge in [-0.2, -0.15) is 0 Å². The quantitative estimate of drug-likeness (QED) is 0.722. The summed E-state index contributed by atoms with van der Waals surface area (Å²) in [7, 11) is 0. The Kier molecular flexibility index (Phi) is 5.90. The molecular formula is C15H17BrN2O2S. The van der Waals surface area contributed by atoms with Crippen LogP contribution in [0.5, 0.6) is 0 Å². The van der Waals surface area contributed by atoms with Crippen LogP contribution in [0, 0.1) is 0 Å². The first kappa shape index (κ1) is 16.1. The smallest absolute Gasteiger partial charge is 0.303 e. The number of rotatable bonds is 7. The van der Waals surface area contributed by atoms with Gasteiger partial charge in [-0.25, -0.2) is 4.98 Å². The summed E-state index contributed by atoms with van der Waals surface area (Å²) in [5, 5.41) is 15.0. The van der Waals surface area contributed by atoms with Crippen molar-refractivity contribution in [3.63, 3.8) is 0 Å². The number of halogens is 1. The number of hydrogen-bond acceptors (Lipinski definition) is 4. The standard InChI is InChI=1S/C15H17BrN2O2S/c1-10(17-8-2-3-14(19)20)15-18-13(9-21-15)11-4-6-12(16)7-5-11/h4-7,9-10,17H,2-3,8H2,1H3,(H,19,20). The van der Waals surface area contributed by atoms with E-state index in [0.29, 0.717) is 13.0 Å². The molecule has 21 heavy (non-hydrogen) atoms. The third-order valence-corrected chi connectivity index (χ3v) is 4.61. The molecule has 1 atom stereocenters. The maximum absolute atomic E-state index is 10.5. The second-order valence-electron chi connectivity index (χ2n) is 4.75. The van der Waals surface area contributed by atoms with E-state index in [1.165, 1.54) is 0 Å². The Morgan fingerprint density at radius 2 is 2.14 bits per heavy atom. The number of thiazole rings is 1. The summed E-state index contributed by atoms with van der Waals surface area (Å²) >= 11 is 5.04. The molecule has 0 aliphatic heterocycles. The van der Waals surface area contributed by atoms with E-state index >= 15 is 0 Å². The van der Waals surface area contributed by atoms with E-state index in [4.69, 9.17) is 5.11 Å². The van der Waals surface area contributed by atoms with Gasteiger partial charge in [-0.15, -0.1) is 11.3 Å². The molecule has 1 unspecified atom stereocenters. The van der Waals surface area contributed by atoms with Crippen molar-refractivity contribution in [2.75, 3.05) is 6.54 Å². The number of carboxylic acids is 1. The number of aliphatic carboxylic acids is 1. The molecule has 0 aliphatic rings. The second-order valence-corrected chi connectivity index (χ2v) is 6.56. The fraction of sp³-hybridized carbons (Fsp3) is 0.333. The zero-order chi connectivity index (χ0) is 15.2. The number of benzene rings is 1. The van der Waals surface area contributed by atoms with Gasteiger partial charge in [-0.3, -0.25) is 4.79 Å². The molecule has 6 heteroatoms. The summed E-state index contributed by atoms with van der Waals surface area (Å²) in [6.07, 6.45) is 0.826. The van der Waals surface area contributed by atoms with E-state index in [1.54, 1.807) is 11.3 Å². The monoisotopic (exact) mass is 368 g/mol. The molecule has 0 amide bonds. The summed E-state index contributed by atoms with van der Waals surface area (Å²) < 4.78 is 1.05. The Bertz CT molecular complexity index is 598. The molecule has 2 aromatic rings. The van der Waals surface area contributed by atoms with Crippen LogP contribution in [0.25, 0.3) is 11.3 Å². The predicted octanol–water partition coefficient (Wildman–Crippen LogP) is 4.09. The van der Waals surface area contributed by atoms with Crippen molar-refractivity contribution >= 4 is 33.2 Å². The number of aromatic nitrogens is 1. The topological polar surface area (TPSA) is 62.2 Å². The van der Waals surface area contributed by atoms with Crippen molar-refractivity contribution in [3.8, 4) is 11.3 Å². The number of carbonyl (C=O) groups is 1. The molecule has 0 radical (unpaired) electrons. The van der Waals surface area contributed by atoms with Gasteiger partial charge in [0.15, 0.2) is 0 Å². The van der Waals surface area contributed by atoms with Crippen LogP contribution in [-0.4, -0.2) is 22.6 Å². The molecule has 0 bridgehead atoms. The number of carboxylic acid groups (broad SMARTS) is 1. The minimum atomic E-state index is -0.753. The predicted molar refractivity (Wildman–Crippen MR) is 88.5 cm³/mol. The molecule has 0 fully saturated rings. The van der Waals surface area contributed by atoms with Gasteiger partial charge in [0.25, 0.3) is 0 Å². The molecule has 2 rings (SSSR count). The molecular weight excluding hydrogens is 352 g/mol. The van der Waals surface area contributed by atoms with Crippen LogP contribution >= 0.6 is 27.3 Å². The summed E-state index contributed by atoms with van der Waals surface area (Å²) in [4.78, 5) is 15.1. The fourth-order valence-electron chi connectivity index (χ4n) is 1.89. The third-order valence-electron chi connectivity index (χ3n) is 3.05. The summed E-state index contributed by atoms with van der Waals surface area (Å²) in [5.74, 6) is -0.753. The maximum atomic E-state index is 10.5. The minimum absolute atomic E-state index is 0.132. The molecule has 2 N–H and O–H groups in total. The first-order valence-corrected chi connectivity index (χ1v) is 8.40. The minimum Gasteiger partial charge on any atom is -0.481 e. The Morgan fingerprint density at radius 1 is 1.43 bits per heavy atom. The molecule has 1 aromatic carbocycles. The molecule has 0 saturated heterocycles. The van der Waals surface area contributed by atoms with Crippen molar-refractivity contribution in [1.82, 2.24) is 10.3 Å². The average Bonchev–Trinajstić information content (AvgIpc) is 2.94. The van der Waals surface area contributed by atoms with Crippen molar-refractivity contribution in [2.24, 2.45) is 0 Å². The van der Waals surface area contributed by atoms with E-state index in [2.05, 4.69) is 26.2 Å². The Hall–Kier alpha value is -1.24. The first-order valence-electron chi connectivity index (χ1n) is 6.73. The molecule has 4 nitrogen and oxygen atoms in total. The maximum Gasteiger partial charge on any atom is 0.303 e. The number of hydrogen-bond donors (Lipinski definition) is 2. The zero-order valence-electron chi connectivity index (χ0n) is 11.7. The largest absolute Gasteiger partial charge is 0.481 e. The van der Waals surface area contributed by atoms with Gasteiger partial charge in [-0.1, -0.05) is 28.1 Å². The Labute approximate surface area is 136 Å². The van der Waals surface area contributed by atoms with Gasteiger partial charge in [0.1, 0.15) is 5.01 Å². The highest BCUT2D eigenvalue weighted by molar-refractivity contribution is 9.10. The fourth-order valence-corrected chi connectivity index (χ4v) is 3.01. The second kappa shape index (κ2) is 7.68. The molecule has 0 saturated carbocycles. The van der Waals surface area contributed by atoms with Gasteiger partial charge in [0.2, 0.25) is 0 Å². The van der Waals surface area contributed by atoms with Crippen LogP contribution in [0.2, 0.25) is 0 Å². The van der Waals surface area contributed by atoms with E-state index in [9.17, 15) is 4.79 Å². The zero-order valence-corrected chi connectivity index (χ0v) is 14.1. The Balaban J connectivity index is 1.92. The lowest BCUT2D eigenvalue weighted by Crippen LogP contribution is -2.20. The lowest BCUT2D eigenvalue weighted by molar-refractivity contribution is -0.137. The van der Waals surface area contributed by atoms with Crippen LogP contribution in [0.1, 0.15) is 30.8 Å². The van der Waals surface area contributed by atoms with Crippen molar-refractivity contribution < 1.29 is 9.90 Å². The van der Waals surface area contributed by atoms with E-state index in [-0.39, 0.29) is 12.5 Å². The van der Waals surface area contributed by atoms with Crippen molar-refractivity contribution in [2.45, 2.75) is 25.8 Å². The lowest BCUT2D eigenvalue weighted by Gasteiger charge is -2.10. The van der Waals surface area contributed by atoms with Crippen LogP contribution in [0.4, 0.5) is 0 Å². The third kappa shape index (κ3) is 4.91. The molecule has 1 aromatic heterocycles. The van der Waals surface area contributed by atoms with Crippen LogP contribution in [-0.2, 0) is 4.79 Å². The van der Waals surface area contributed by atoms with Gasteiger partial charge in [-0.05, 0) is 32.0 Å². The van der Waals surface area contributed by atoms with Gasteiger partial charge in [0.05, 0.1) is 11.7 Å². The molecule has 1 heterocycles. The Morgan fingerprint density at radius 3 is 2.81 bits per heavy atom. The number of nitrogens with zero attached hydrogens (tertiary/aromatic N) is 1. The molecule has 112 valence electrons. The highest BCUT2D eigenvalue weighted by Crippen LogP contribution is 2.26. The SMILES string of the molecule is CC(NCCCC(=O)O)c1nc(-c2ccc(Br)cc2)cs1. The summed E-state index contributed by atoms with van der Waals surface area (Å²) in [6, 6.07) is 8.21. The highest BCUT2D eigenvalue weighted by atomic mass is 79.9. The normalized spacial score (nSPS) is 12.3. The molecule has 0 spiro atoms. The van der Waals surface area contributed by atoms with Gasteiger partial charge < -0.3 is 10.4 Å². The van der Waals surface area contributed by atoms with Gasteiger partial charge in [0, 0.05) is 21.8 Å². The molecule has 0 aliphatic carbocycles. The summed E-state index contributed by atoms with van der Waals surface area (Å²) in [5.41, 5.74) is 2.07. The van der Waals surface area contributed by atoms with Crippen LogP contribution in [0.3, 0.4) is 0 Å². The lowest BCUT2D eigenvalue weighted by atomic mass is 10.2. The van der Waals surface area contributed by atoms with Crippen LogP contribution < -0.4 is 5.32 Å². The highest BCUT2D eigenvalue weighted by Gasteiger charge is 2.11. The number of nitrogens with one attached hydrogen (secondary N) is 1. The van der Waals surface area contributed by atoms with E-state index in [0.717, 1.165) is 20.7 Å². The van der Waals surface area contributed by atoms with Gasteiger partial charge >= 0.3 is 5.97 Å². The van der Waals surface area contributed by atoms with E-state index < -0.39 is 5.97 Å². The van der Waals surface area contributed by atoms with Crippen LogP contribution in [0.15, 0.2) is 34.1 Å². The van der Waals surface area contributed by atoms with Crippen molar-refractivity contribution in [1.29, 1.82) is 0 Å². The first-order chi connectivity index (χ1) is 10.1. The van der Waals surface area contributed by atoms with E-state index in [1.807, 2.05) is 36.6 Å². The van der Waals surface area contributed by atoms with Crippen molar-refractivity contribution in [3.05, 3.63) is 39.1 Å². The average molecular weight is 369 g/mol.